The van der Waals surface area contributed by atoms with Gasteiger partial charge in [0.2, 0.25) is 0 Å². The Morgan fingerprint density at radius 2 is 1.55 bits per heavy atom. The number of hydrogen-bond donors (Lipinski definition) is 1. The van der Waals surface area contributed by atoms with Gasteiger partial charge in [-0.2, -0.15) is 0 Å². The van der Waals surface area contributed by atoms with Crippen molar-refractivity contribution < 1.29 is 19.4 Å². The summed E-state index contributed by atoms with van der Waals surface area (Å²) in [7, 11) is 0. The summed E-state index contributed by atoms with van der Waals surface area (Å²) in [4.78, 5) is 12.6. The van der Waals surface area contributed by atoms with Crippen molar-refractivity contribution in [3.63, 3.8) is 0 Å². The van der Waals surface area contributed by atoms with Crippen molar-refractivity contribution in [1.29, 1.82) is 0 Å². The topological polar surface area (TPSA) is 55.8 Å². The smallest absolute Gasteiger partial charge is 0.159 e. The Bertz CT molecular complexity index is 436. The van der Waals surface area contributed by atoms with Crippen molar-refractivity contribution in [1.82, 2.24) is 0 Å². The standard InChI is InChI=1S/C18H32O4/c1-15(2)10-12(19)18(7,13(20)11-15)9-8-14-21-16(3,4)17(5,6)22-14/h12,14,19H,8-11H2,1-7H3/t12-,18-/m0/s1. The molecule has 0 bridgehead atoms. The van der Waals surface area contributed by atoms with Crippen LogP contribution in [0.2, 0.25) is 0 Å². The van der Waals surface area contributed by atoms with Crippen LogP contribution in [0.4, 0.5) is 0 Å². The van der Waals surface area contributed by atoms with Crippen molar-refractivity contribution in [2.45, 2.75) is 97.7 Å². The molecule has 0 aromatic rings. The van der Waals surface area contributed by atoms with Crippen LogP contribution in [0.3, 0.4) is 0 Å². The Labute approximate surface area is 134 Å². The minimum absolute atomic E-state index is 0.111. The van der Waals surface area contributed by atoms with Crippen LogP contribution in [0.15, 0.2) is 0 Å². The second-order valence-electron chi connectivity index (χ2n) is 9.13. The van der Waals surface area contributed by atoms with E-state index in [0.717, 1.165) is 0 Å². The molecule has 0 amide bonds. The highest BCUT2D eigenvalue weighted by molar-refractivity contribution is 5.86. The lowest BCUT2D eigenvalue weighted by Gasteiger charge is -2.44. The van der Waals surface area contributed by atoms with Gasteiger partial charge in [0.25, 0.3) is 0 Å². The zero-order chi connectivity index (χ0) is 17.0. The molecule has 1 aliphatic carbocycles. The molecule has 2 atom stereocenters. The van der Waals surface area contributed by atoms with E-state index in [1.807, 2.05) is 48.5 Å². The average molecular weight is 312 g/mol. The highest BCUT2D eigenvalue weighted by Gasteiger charge is 2.51. The number of rotatable bonds is 3. The molecule has 4 nitrogen and oxygen atoms in total. The van der Waals surface area contributed by atoms with E-state index in [4.69, 9.17) is 9.47 Å². The van der Waals surface area contributed by atoms with E-state index in [1.54, 1.807) is 0 Å². The molecule has 0 unspecified atom stereocenters. The number of Topliss-reactive ketones (excluding diaryl/α,β-unsaturated/α-hetero) is 1. The lowest BCUT2D eigenvalue weighted by Crippen LogP contribution is -2.49. The molecule has 1 saturated carbocycles. The molecule has 0 aromatic heterocycles. The first-order valence-electron chi connectivity index (χ1n) is 8.36. The fourth-order valence-corrected chi connectivity index (χ4v) is 3.45. The summed E-state index contributed by atoms with van der Waals surface area (Å²) in [6.07, 6.45) is 1.53. The number of aliphatic hydroxyl groups is 1. The number of aliphatic hydroxyl groups excluding tert-OH is 1. The lowest BCUT2D eigenvalue weighted by atomic mass is 9.62. The molecule has 0 aromatic carbocycles. The molecule has 2 aliphatic rings. The molecule has 22 heavy (non-hydrogen) atoms. The first kappa shape index (κ1) is 17.9. The summed E-state index contributed by atoms with van der Waals surface area (Å²) in [6.45, 7) is 14.1. The molecular weight excluding hydrogens is 280 g/mol. The molecule has 128 valence electrons. The van der Waals surface area contributed by atoms with Gasteiger partial charge in [0, 0.05) is 6.42 Å². The fourth-order valence-electron chi connectivity index (χ4n) is 3.45. The van der Waals surface area contributed by atoms with Crippen LogP contribution in [-0.4, -0.2) is 34.5 Å². The minimum atomic E-state index is -0.681. The van der Waals surface area contributed by atoms with Gasteiger partial charge in [-0.05, 0) is 52.4 Å². The van der Waals surface area contributed by atoms with Crippen molar-refractivity contribution >= 4 is 5.78 Å². The second kappa shape index (κ2) is 5.29. The molecule has 4 heteroatoms. The first-order valence-corrected chi connectivity index (χ1v) is 8.36. The van der Waals surface area contributed by atoms with Crippen LogP contribution < -0.4 is 0 Å². The van der Waals surface area contributed by atoms with Gasteiger partial charge in [0.15, 0.2) is 6.29 Å². The Balaban J connectivity index is 2.01. The summed E-state index contributed by atoms with van der Waals surface area (Å²) in [6, 6.07) is 0. The third-order valence-electron chi connectivity index (χ3n) is 5.96. The summed E-state index contributed by atoms with van der Waals surface area (Å²) < 4.78 is 12.0. The fraction of sp³-hybridized carbons (Fsp3) is 0.944. The van der Waals surface area contributed by atoms with Gasteiger partial charge in [-0.1, -0.05) is 20.8 Å². The van der Waals surface area contributed by atoms with Gasteiger partial charge in [0.05, 0.1) is 22.7 Å². The number of ether oxygens (including phenoxy) is 2. The first-order chi connectivity index (χ1) is 9.79. The second-order valence-corrected chi connectivity index (χ2v) is 9.13. The van der Waals surface area contributed by atoms with Gasteiger partial charge in [-0.25, -0.2) is 0 Å². The van der Waals surface area contributed by atoms with Gasteiger partial charge >= 0.3 is 0 Å². The Morgan fingerprint density at radius 1 is 1.05 bits per heavy atom. The van der Waals surface area contributed by atoms with Crippen LogP contribution in [0.5, 0.6) is 0 Å². The van der Waals surface area contributed by atoms with Crippen molar-refractivity contribution in [3.05, 3.63) is 0 Å². The number of carbonyl (C=O) groups excluding carboxylic acids is 1. The third-order valence-corrected chi connectivity index (χ3v) is 5.96. The maximum absolute atomic E-state index is 12.6. The van der Waals surface area contributed by atoms with E-state index in [2.05, 4.69) is 0 Å². The van der Waals surface area contributed by atoms with Gasteiger partial charge in [-0.3, -0.25) is 4.79 Å². The van der Waals surface area contributed by atoms with Crippen LogP contribution in [0.1, 0.15) is 74.1 Å². The molecule has 1 N–H and O–H groups in total. The minimum Gasteiger partial charge on any atom is -0.392 e. The number of hydrogen-bond acceptors (Lipinski definition) is 4. The van der Waals surface area contributed by atoms with Gasteiger partial charge in [0.1, 0.15) is 5.78 Å². The number of ketones is 1. The van der Waals surface area contributed by atoms with Crippen LogP contribution in [-0.2, 0) is 14.3 Å². The lowest BCUT2D eigenvalue weighted by molar-refractivity contribution is -0.149. The predicted octanol–water partition coefficient (Wildman–Crippen LogP) is 3.45. The number of carbonyl (C=O) groups is 1. The Kier molecular flexibility index (Phi) is 4.30. The molecule has 1 saturated heterocycles. The normalized spacial score (nSPS) is 37.5. The zero-order valence-corrected chi connectivity index (χ0v) is 15.2. The van der Waals surface area contributed by atoms with E-state index in [9.17, 15) is 9.90 Å². The molecule has 2 rings (SSSR count). The summed E-state index contributed by atoms with van der Waals surface area (Å²) in [5.74, 6) is 0.160. The summed E-state index contributed by atoms with van der Waals surface area (Å²) in [5, 5.41) is 10.5. The molecule has 2 fully saturated rings. The predicted molar refractivity (Wildman–Crippen MR) is 85.5 cm³/mol. The van der Waals surface area contributed by atoms with Crippen molar-refractivity contribution in [2.24, 2.45) is 10.8 Å². The molecular formula is C18H32O4. The Morgan fingerprint density at radius 3 is 2.00 bits per heavy atom. The summed E-state index contributed by atoms with van der Waals surface area (Å²) in [5.41, 5.74) is -1.50. The van der Waals surface area contributed by atoms with Crippen molar-refractivity contribution in [2.75, 3.05) is 0 Å². The van der Waals surface area contributed by atoms with E-state index >= 15 is 0 Å². The Hall–Kier alpha value is -0.450. The molecule has 0 radical (unpaired) electrons. The van der Waals surface area contributed by atoms with Crippen LogP contribution in [0.25, 0.3) is 0 Å². The van der Waals surface area contributed by atoms with Crippen LogP contribution in [0, 0.1) is 10.8 Å². The molecule has 1 heterocycles. The SMILES string of the molecule is CC1(C)CC(=O)[C@@](C)(CCC2OC(C)(C)C(C)(C)O2)[C@@H](O)C1. The maximum atomic E-state index is 12.6. The molecule has 0 spiro atoms. The zero-order valence-electron chi connectivity index (χ0n) is 15.2. The van der Waals surface area contributed by atoms with Crippen LogP contribution >= 0.6 is 0 Å². The van der Waals surface area contributed by atoms with E-state index in [1.165, 1.54) is 0 Å². The highest BCUT2D eigenvalue weighted by atomic mass is 16.7. The van der Waals surface area contributed by atoms with Crippen molar-refractivity contribution in [3.8, 4) is 0 Å². The van der Waals surface area contributed by atoms with E-state index < -0.39 is 11.5 Å². The van der Waals surface area contributed by atoms with Gasteiger partial charge < -0.3 is 14.6 Å². The monoisotopic (exact) mass is 312 g/mol. The maximum Gasteiger partial charge on any atom is 0.159 e. The quantitative estimate of drug-likeness (QED) is 0.867. The van der Waals surface area contributed by atoms with Gasteiger partial charge in [-0.15, -0.1) is 0 Å². The average Bonchev–Trinajstić information content (AvgIpc) is 2.51. The summed E-state index contributed by atoms with van der Waals surface area (Å²) >= 11 is 0. The highest BCUT2D eigenvalue weighted by Crippen LogP contribution is 2.47. The third kappa shape index (κ3) is 3.10. The molecule has 1 aliphatic heterocycles. The van der Waals surface area contributed by atoms with E-state index in [-0.39, 0.29) is 28.7 Å². The largest absolute Gasteiger partial charge is 0.392 e. The van der Waals surface area contributed by atoms with E-state index in [0.29, 0.717) is 25.7 Å².